The van der Waals surface area contributed by atoms with Gasteiger partial charge in [-0.3, -0.25) is 4.79 Å². The van der Waals surface area contributed by atoms with Crippen LogP contribution in [0.1, 0.15) is 31.1 Å². The van der Waals surface area contributed by atoms with Gasteiger partial charge in [-0.25, -0.2) is 4.39 Å². The zero-order valence-corrected chi connectivity index (χ0v) is 14.2. The number of amides is 1. The van der Waals surface area contributed by atoms with Crippen molar-refractivity contribution in [3.8, 4) is 11.5 Å². The van der Waals surface area contributed by atoms with Gasteiger partial charge in [0.05, 0.1) is 6.33 Å². The van der Waals surface area contributed by atoms with E-state index >= 15 is 0 Å². The highest BCUT2D eigenvalue weighted by Crippen LogP contribution is 2.34. The van der Waals surface area contributed by atoms with Gasteiger partial charge in [0, 0.05) is 23.2 Å². The lowest BCUT2D eigenvalue weighted by atomic mass is 10.1. The summed E-state index contributed by atoms with van der Waals surface area (Å²) < 4.78 is 24.0. The van der Waals surface area contributed by atoms with E-state index in [1.54, 1.807) is 18.2 Å². The van der Waals surface area contributed by atoms with Crippen LogP contribution >= 0.6 is 12.4 Å². The third kappa shape index (κ3) is 4.84. The minimum atomic E-state index is -0.545. The maximum Gasteiger partial charge on any atom is 0.251 e. The van der Waals surface area contributed by atoms with Crippen LogP contribution < -0.4 is 20.5 Å². The van der Waals surface area contributed by atoms with Crippen molar-refractivity contribution >= 4 is 18.3 Å². The Morgan fingerprint density at radius 3 is 2.70 bits per heavy atom. The Bertz CT molecular complexity index is 599. The van der Waals surface area contributed by atoms with Gasteiger partial charge in [0.2, 0.25) is 0 Å². The Labute approximate surface area is 141 Å². The number of ether oxygens (including phenoxy) is 2. The fraction of sp³-hybridized carbons (Fsp3) is 0.438. The molecule has 1 aromatic rings. The molecule has 0 bridgehead atoms. The number of halogens is 2. The Kier molecular flexibility index (Phi) is 6.41. The van der Waals surface area contributed by atoms with Crippen molar-refractivity contribution in [1.29, 1.82) is 0 Å². The van der Waals surface area contributed by atoms with Crippen LogP contribution in [0.3, 0.4) is 0 Å². The first kappa shape index (κ1) is 19.3. The predicted molar refractivity (Wildman–Crippen MR) is 89.1 cm³/mol. The molecule has 0 fully saturated rings. The van der Waals surface area contributed by atoms with E-state index in [1.807, 2.05) is 20.8 Å². The number of nitrogens with two attached hydrogens (primary N) is 1. The molecule has 1 aromatic carbocycles. The molecule has 23 heavy (non-hydrogen) atoms. The highest BCUT2D eigenvalue weighted by molar-refractivity contribution is 5.95. The summed E-state index contributed by atoms with van der Waals surface area (Å²) in [5, 5.41) is 2.88. The number of hydrogen-bond donors (Lipinski definition) is 2. The number of hydrogen-bond acceptors (Lipinski definition) is 4. The van der Waals surface area contributed by atoms with Gasteiger partial charge < -0.3 is 20.5 Å². The molecule has 1 unspecified atom stereocenters. The third-order valence-electron chi connectivity index (χ3n) is 3.14. The summed E-state index contributed by atoms with van der Waals surface area (Å²) in [6, 6.07) is 4.91. The minimum absolute atomic E-state index is 0. The van der Waals surface area contributed by atoms with Crippen LogP contribution in [0, 0.1) is 0 Å². The van der Waals surface area contributed by atoms with Gasteiger partial charge in [-0.2, -0.15) is 0 Å². The first-order chi connectivity index (χ1) is 10.3. The van der Waals surface area contributed by atoms with Crippen molar-refractivity contribution in [3.05, 3.63) is 35.7 Å². The van der Waals surface area contributed by atoms with Crippen LogP contribution in [0.15, 0.2) is 30.1 Å². The second-order valence-electron chi connectivity index (χ2n) is 6.17. The molecule has 1 heterocycles. The molecule has 7 heteroatoms. The molecule has 2 rings (SSSR count). The van der Waals surface area contributed by atoms with Crippen molar-refractivity contribution < 1.29 is 18.7 Å². The number of nitrogens with one attached hydrogen (secondary N) is 1. The van der Waals surface area contributed by atoms with Crippen molar-refractivity contribution in [2.24, 2.45) is 5.73 Å². The fourth-order valence-corrected chi connectivity index (χ4v) is 2.05. The van der Waals surface area contributed by atoms with Gasteiger partial charge in [-0.05, 0) is 39.0 Å². The Morgan fingerprint density at radius 2 is 2.13 bits per heavy atom. The Hall–Kier alpha value is -1.79. The molecule has 1 atom stereocenters. The largest absolute Gasteiger partial charge is 0.485 e. The van der Waals surface area contributed by atoms with Crippen LogP contribution in [0.2, 0.25) is 0 Å². The minimum Gasteiger partial charge on any atom is -0.485 e. The standard InChI is InChI=1S/C16H21FN2O3.ClH/c1-16(2,3)19-15(20)10-4-5-12-13(6-10)21-9-14(22-12)11(7-17)8-18;/h4-7,14H,8-9,18H2,1-3H3,(H,19,20);1H/b11-7+;. The van der Waals surface area contributed by atoms with Gasteiger partial charge in [-0.15, -0.1) is 12.4 Å². The molecule has 0 spiro atoms. The van der Waals surface area contributed by atoms with E-state index in [1.165, 1.54) is 0 Å². The van der Waals surface area contributed by atoms with Crippen molar-refractivity contribution in [3.63, 3.8) is 0 Å². The summed E-state index contributed by atoms with van der Waals surface area (Å²) in [4.78, 5) is 12.1. The van der Waals surface area contributed by atoms with E-state index in [4.69, 9.17) is 15.2 Å². The summed E-state index contributed by atoms with van der Waals surface area (Å²) in [5.74, 6) is 0.747. The molecule has 1 amide bonds. The van der Waals surface area contributed by atoms with Crippen LogP contribution in [-0.4, -0.2) is 30.7 Å². The Balaban J connectivity index is 0.00000264. The number of rotatable bonds is 3. The van der Waals surface area contributed by atoms with Crippen LogP contribution in [0.5, 0.6) is 11.5 Å². The quantitative estimate of drug-likeness (QED) is 0.884. The average Bonchev–Trinajstić information content (AvgIpc) is 2.46. The molecular formula is C16H22ClFN2O3. The second-order valence-corrected chi connectivity index (χ2v) is 6.17. The highest BCUT2D eigenvalue weighted by Gasteiger charge is 2.25. The van der Waals surface area contributed by atoms with E-state index in [0.717, 1.165) is 0 Å². The molecule has 3 N–H and O–H groups in total. The number of fused-ring (bicyclic) bond motifs is 1. The van der Waals surface area contributed by atoms with Gasteiger partial charge >= 0.3 is 0 Å². The summed E-state index contributed by atoms with van der Waals surface area (Å²) in [7, 11) is 0. The Morgan fingerprint density at radius 1 is 1.43 bits per heavy atom. The monoisotopic (exact) mass is 344 g/mol. The smallest absolute Gasteiger partial charge is 0.251 e. The second kappa shape index (κ2) is 7.66. The van der Waals surface area contributed by atoms with Gasteiger partial charge in [0.25, 0.3) is 5.91 Å². The molecule has 5 nitrogen and oxygen atoms in total. The maximum absolute atomic E-state index is 12.7. The summed E-state index contributed by atoms with van der Waals surface area (Å²) in [6.07, 6.45) is -0.0961. The van der Waals surface area contributed by atoms with Gasteiger partial charge in [-0.1, -0.05) is 0 Å². The van der Waals surface area contributed by atoms with E-state index in [2.05, 4.69) is 5.32 Å². The SMILES string of the molecule is CC(C)(C)NC(=O)c1ccc2c(c1)OCC(/C(=C/F)CN)O2.Cl. The van der Waals surface area contributed by atoms with Crippen LogP contribution in [0.25, 0.3) is 0 Å². The van der Waals surface area contributed by atoms with Gasteiger partial charge in [0.1, 0.15) is 6.61 Å². The van der Waals surface area contributed by atoms with E-state index < -0.39 is 6.10 Å². The summed E-state index contributed by atoms with van der Waals surface area (Å²) >= 11 is 0. The van der Waals surface area contributed by atoms with E-state index in [0.29, 0.717) is 29.0 Å². The molecule has 128 valence electrons. The van der Waals surface area contributed by atoms with Crippen molar-refractivity contribution in [1.82, 2.24) is 5.32 Å². The zero-order valence-electron chi connectivity index (χ0n) is 13.4. The average molecular weight is 345 g/mol. The molecule has 0 aliphatic carbocycles. The van der Waals surface area contributed by atoms with E-state index in [9.17, 15) is 9.18 Å². The topological polar surface area (TPSA) is 73.6 Å². The number of carbonyl (C=O) groups is 1. The fourth-order valence-electron chi connectivity index (χ4n) is 2.05. The lowest BCUT2D eigenvalue weighted by Gasteiger charge is -2.28. The molecule has 0 saturated carbocycles. The van der Waals surface area contributed by atoms with Gasteiger partial charge in [0.15, 0.2) is 17.6 Å². The lowest BCUT2D eigenvalue weighted by molar-refractivity contribution is 0.0915. The summed E-state index contributed by atoms with van der Waals surface area (Å²) in [6.45, 7) is 5.94. The van der Waals surface area contributed by atoms with Crippen LogP contribution in [0.4, 0.5) is 4.39 Å². The highest BCUT2D eigenvalue weighted by atomic mass is 35.5. The maximum atomic E-state index is 12.7. The number of benzene rings is 1. The first-order valence-corrected chi connectivity index (χ1v) is 7.09. The van der Waals surface area contributed by atoms with Crippen LogP contribution in [-0.2, 0) is 0 Å². The summed E-state index contributed by atoms with van der Waals surface area (Å²) in [5.41, 5.74) is 5.95. The van der Waals surface area contributed by atoms with Crippen molar-refractivity contribution in [2.45, 2.75) is 32.4 Å². The lowest BCUT2D eigenvalue weighted by Crippen LogP contribution is -2.40. The van der Waals surface area contributed by atoms with Crippen molar-refractivity contribution in [2.75, 3.05) is 13.2 Å². The zero-order chi connectivity index (χ0) is 16.3. The van der Waals surface area contributed by atoms with E-state index in [-0.39, 0.29) is 37.0 Å². The molecular weight excluding hydrogens is 323 g/mol. The number of carbonyl (C=O) groups excluding carboxylic acids is 1. The molecule has 1 aliphatic rings. The molecule has 0 aromatic heterocycles. The normalized spacial score (nSPS) is 17.3. The first-order valence-electron chi connectivity index (χ1n) is 7.09. The third-order valence-corrected chi connectivity index (χ3v) is 3.14. The predicted octanol–water partition coefficient (Wildman–Crippen LogP) is 2.59. The molecule has 0 saturated heterocycles. The molecule has 1 aliphatic heterocycles. The molecule has 0 radical (unpaired) electrons.